The summed E-state index contributed by atoms with van der Waals surface area (Å²) < 4.78 is 0. The fourth-order valence-corrected chi connectivity index (χ4v) is 3.02. The second kappa shape index (κ2) is 5.91. The van der Waals surface area contributed by atoms with Crippen molar-refractivity contribution in [2.75, 3.05) is 13.6 Å². The van der Waals surface area contributed by atoms with E-state index >= 15 is 0 Å². The molecule has 0 aromatic rings. The Labute approximate surface area is 124 Å². The van der Waals surface area contributed by atoms with Gasteiger partial charge in [-0.3, -0.25) is 4.79 Å². The lowest BCUT2D eigenvalue weighted by Crippen LogP contribution is -2.60. The smallest absolute Gasteiger partial charge is 0.329 e. The van der Waals surface area contributed by atoms with E-state index in [9.17, 15) is 19.5 Å². The van der Waals surface area contributed by atoms with E-state index in [0.29, 0.717) is 31.7 Å². The van der Waals surface area contributed by atoms with E-state index in [0.717, 1.165) is 12.8 Å². The molecule has 7 nitrogen and oxygen atoms in total. The first-order valence-corrected chi connectivity index (χ1v) is 7.41. The number of carboxylic acid groups (broad SMARTS) is 1. The normalized spacial score (nSPS) is 32.9. The number of urea groups is 1. The summed E-state index contributed by atoms with van der Waals surface area (Å²) in [4.78, 5) is 36.9. The minimum absolute atomic E-state index is 0.133. The molecule has 0 radical (unpaired) electrons. The van der Waals surface area contributed by atoms with Crippen LogP contribution in [-0.2, 0) is 9.59 Å². The van der Waals surface area contributed by atoms with Gasteiger partial charge in [-0.15, -0.1) is 0 Å². The fraction of sp³-hybridized carbons (Fsp3) is 0.786. The molecule has 1 aliphatic heterocycles. The molecule has 3 N–H and O–H groups in total. The third-order valence-electron chi connectivity index (χ3n) is 4.62. The molecule has 2 rings (SSSR count). The summed E-state index contributed by atoms with van der Waals surface area (Å²) in [5, 5.41) is 14.6. The van der Waals surface area contributed by atoms with Crippen LogP contribution in [0, 0.1) is 5.92 Å². The predicted octanol–water partition coefficient (Wildman–Crippen LogP) is 0.550. The molecule has 0 spiro atoms. The van der Waals surface area contributed by atoms with Crippen molar-refractivity contribution >= 4 is 17.9 Å². The quantitative estimate of drug-likeness (QED) is 0.708. The Kier molecular flexibility index (Phi) is 4.39. The summed E-state index contributed by atoms with van der Waals surface area (Å²) in [6, 6.07) is -1.12. The van der Waals surface area contributed by atoms with Gasteiger partial charge in [-0.2, -0.15) is 0 Å². The fourth-order valence-electron chi connectivity index (χ4n) is 3.02. The van der Waals surface area contributed by atoms with Crippen LogP contribution in [-0.4, -0.2) is 53.1 Å². The Bertz CT molecular complexity index is 444. The van der Waals surface area contributed by atoms with Gasteiger partial charge in [0.15, 0.2) is 0 Å². The Morgan fingerprint density at radius 3 is 2.38 bits per heavy atom. The van der Waals surface area contributed by atoms with Crippen LogP contribution in [0.5, 0.6) is 0 Å². The van der Waals surface area contributed by atoms with Gasteiger partial charge in [-0.05, 0) is 38.0 Å². The topological polar surface area (TPSA) is 98.7 Å². The lowest BCUT2D eigenvalue weighted by molar-refractivity contribution is -0.146. The van der Waals surface area contributed by atoms with Crippen molar-refractivity contribution < 1.29 is 19.5 Å². The second-order valence-corrected chi connectivity index (χ2v) is 6.27. The van der Waals surface area contributed by atoms with Crippen LogP contribution in [0.4, 0.5) is 4.79 Å². The van der Waals surface area contributed by atoms with Gasteiger partial charge >= 0.3 is 12.0 Å². The van der Waals surface area contributed by atoms with Gasteiger partial charge in [0.25, 0.3) is 0 Å². The highest BCUT2D eigenvalue weighted by molar-refractivity contribution is 5.91. The number of hydrogen-bond acceptors (Lipinski definition) is 3. The molecule has 1 atom stereocenters. The van der Waals surface area contributed by atoms with Crippen molar-refractivity contribution in [3.05, 3.63) is 0 Å². The van der Waals surface area contributed by atoms with Crippen molar-refractivity contribution in [1.29, 1.82) is 0 Å². The third kappa shape index (κ3) is 3.28. The molecule has 7 heteroatoms. The zero-order valence-electron chi connectivity index (χ0n) is 12.5. The molecule has 118 valence electrons. The Hall–Kier alpha value is -1.79. The predicted molar refractivity (Wildman–Crippen MR) is 75.7 cm³/mol. The zero-order chi connectivity index (χ0) is 15.6. The molecule has 0 bridgehead atoms. The monoisotopic (exact) mass is 297 g/mol. The zero-order valence-corrected chi connectivity index (χ0v) is 12.5. The molecular formula is C14H23N3O4. The van der Waals surface area contributed by atoms with Gasteiger partial charge < -0.3 is 20.6 Å². The number of carbonyl (C=O) groups is 3. The summed E-state index contributed by atoms with van der Waals surface area (Å²) >= 11 is 0. The first-order chi connectivity index (χ1) is 9.84. The molecular weight excluding hydrogens is 274 g/mol. The standard InChI is InChI=1S/C14H23N3O4/c1-9-3-6-14(7-4-9,12(19)20)16-13(21)15-10-5-8-17(2)11(10)18/h9-10H,3-8H2,1-2H3,(H,19,20)(H2,15,16,21). The molecule has 3 amide bonds. The number of carboxylic acids is 1. The second-order valence-electron chi connectivity index (χ2n) is 6.27. The first-order valence-electron chi connectivity index (χ1n) is 7.41. The number of hydrogen-bond donors (Lipinski definition) is 3. The summed E-state index contributed by atoms with van der Waals surface area (Å²) in [6.07, 6.45) is 2.96. The number of rotatable bonds is 3. The summed E-state index contributed by atoms with van der Waals surface area (Å²) in [5.41, 5.74) is -1.20. The van der Waals surface area contributed by atoms with E-state index in [1.54, 1.807) is 11.9 Å². The highest BCUT2D eigenvalue weighted by Gasteiger charge is 2.43. The molecule has 2 fully saturated rings. The molecule has 0 aromatic heterocycles. The van der Waals surface area contributed by atoms with Crippen molar-refractivity contribution in [1.82, 2.24) is 15.5 Å². The average molecular weight is 297 g/mol. The number of carbonyl (C=O) groups excluding carboxylic acids is 2. The number of amides is 3. The van der Waals surface area contributed by atoms with E-state index in [2.05, 4.69) is 17.6 Å². The molecule has 1 saturated heterocycles. The average Bonchev–Trinajstić information content (AvgIpc) is 2.73. The van der Waals surface area contributed by atoms with Gasteiger partial charge in [-0.1, -0.05) is 6.92 Å². The summed E-state index contributed by atoms with van der Waals surface area (Å²) in [6.45, 7) is 2.68. The maximum absolute atomic E-state index is 12.1. The van der Waals surface area contributed by atoms with Crippen molar-refractivity contribution in [3.8, 4) is 0 Å². The third-order valence-corrected chi connectivity index (χ3v) is 4.62. The molecule has 1 unspecified atom stereocenters. The van der Waals surface area contributed by atoms with E-state index < -0.39 is 23.6 Å². The van der Waals surface area contributed by atoms with Gasteiger partial charge in [0.05, 0.1) is 0 Å². The first kappa shape index (κ1) is 15.6. The number of aliphatic carboxylic acids is 1. The maximum Gasteiger partial charge on any atom is 0.329 e. The minimum Gasteiger partial charge on any atom is -0.480 e. The van der Waals surface area contributed by atoms with Crippen LogP contribution in [0.25, 0.3) is 0 Å². The number of likely N-dealkylation sites (tertiary alicyclic amines) is 1. The van der Waals surface area contributed by atoms with Gasteiger partial charge in [0, 0.05) is 13.6 Å². The van der Waals surface area contributed by atoms with Crippen LogP contribution in [0.2, 0.25) is 0 Å². The molecule has 1 aliphatic carbocycles. The van der Waals surface area contributed by atoms with E-state index in [4.69, 9.17) is 0 Å². The van der Waals surface area contributed by atoms with Gasteiger partial charge in [0.1, 0.15) is 11.6 Å². The largest absolute Gasteiger partial charge is 0.480 e. The maximum atomic E-state index is 12.1. The van der Waals surface area contributed by atoms with Crippen molar-refractivity contribution in [2.45, 2.75) is 50.6 Å². The van der Waals surface area contributed by atoms with Crippen LogP contribution < -0.4 is 10.6 Å². The van der Waals surface area contributed by atoms with Crippen LogP contribution in [0.15, 0.2) is 0 Å². The highest BCUT2D eigenvalue weighted by Crippen LogP contribution is 2.32. The Morgan fingerprint density at radius 2 is 1.90 bits per heavy atom. The molecule has 2 aliphatic rings. The lowest BCUT2D eigenvalue weighted by atomic mass is 9.77. The Morgan fingerprint density at radius 1 is 1.29 bits per heavy atom. The lowest BCUT2D eigenvalue weighted by Gasteiger charge is -2.36. The minimum atomic E-state index is -1.20. The molecule has 1 saturated carbocycles. The van der Waals surface area contributed by atoms with Crippen LogP contribution in [0.3, 0.4) is 0 Å². The van der Waals surface area contributed by atoms with E-state index in [-0.39, 0.29) is 5.91 Å². The van der Waals surface area contributed by atoms with Crippen LogP contribution >= 0.6 is 0 Å². The van der Waals surface area contributed by atoms with Crippen molar-refractivity contribution in [3.63, 3.8) is 0 Å². The molecule has 0 aromatic carbocycles. The summed E-state index contributed by atoms with van der Waals surface area (Å²) in [7, 11) is 1.68. The van der Waals surface area contributed by atoms with Crippen molar-refractivity contribution in [2.24, 2.45) is 5.92 Å². The number of nitrogens with zero attached hydrogens (tertiary/aromatic N) is 1. The van der Waals surface area contributed by atoms with E-state index in [1.807, 2.05) is 0 Å². The van der Waals surface area contributed by atoms with Gasteiger partial charge in [-0.25, -0.2) is 9.59 Å². The van der Waals surface area contributed by atoms with Crippen LogP contribution in [0.1, 0.15) is 39.0 Å². The molecule has 1 heterocycles. The molecule has 21 heavy (non-hydrogen) atoms. The van der Waals surface area contributed by atoms with E-state index in [1.165, 1.54) is 0 Å². The Balaban J connectivity index is 1.96. The van der Waals surface area contributed by atoms with Gasteiger partial charge in [0.2, 0.25) is 5.91 Å². The highest BCUT2D eigenvalue weighted by atomic mass is 16.4. The summed E-state index contributed by atoms with van der Waals surface area (Å²) in [5.74, 6) is -0.654. The number of likely N-dealkylation sites (N-methyl/N-ethyl adjacent to an activating group) is 1. The SMILES string of the molecule is CC1CCC(NC(=O)NC2CCN(C)C2=O)(C(=O)O)CC1. The number of nitrogens with one attached hydrogen (secondary N) is 2.